The molecule has 0 aliphatic heterocycles. The average molecular weight is 237 g/mol. The maximum absolute atomic E-state index is 10.2. The minimum atomic E-state index is -0.514. The average Bonchev–Trinajstić information content (AvgIpc) is 2.27. The maximum atomic E-state index is 10.2. The van der Waals surface area contributed by atoms with Gasteiger partial charge in [0.25, 0.3) is 0 Å². The van der Waals surface area contributed by atoms with Crippen molar-refractivity contribution >= 4 is 0 Å². The van der Waals surface area contributed by atoms with Crippen LogP contribution in [0, 0.1) is 27.7 Å². The summed E-state index contributed by atoms with van der Waals surface area (Å²) in [5, 5.41) is 21.9. The fourth-order valence-corrected chi connectivity index (χ4v) is 2.17. The molecule has 0 radical (unpaired) electrons. The number of aliphatic hydroxyl groups is 2. The van der Waals surface area contributed by atoms with Gasteiger partial charge in [-0.2, -0.15) is 0 Å². The fraction of sp³-hybridized carbons (Fsp3) is 0.571. The lowest BCUT2D eigenvalue weighted by Crippen LogP contribution is -2.25. The summed E-state index contributed by atoms with van der Waals surface area (Å²) in [5.41, 5.74) is 5.76. The van der Waals surface area contributed by atoms with Gasteiger partial charge in [-0.1, -0.05) is 6.07 Å². The van der Waals surface area contributed by atoms with E-state index in [1.165, 1.54) is 11.1 Å². The molecule has 0 amide bonds. The zero-order valence-electron chi connectivity index (χ0n) is 11.2. The third-order valence-corrected chi connectivity index (χ3v) is 3.38. The van der Waals surface area contributed by atoms with Crippen molar-refractivity contribution in [2.45, 2.75) is 33.8 Å². The predicted octanol–water partition coefficient (Wildman–Crippen LogP) is 1.54. The highest BCUT2D eigenvalue weighted by atomic mass is 16.3. The van der Waals surface area contributed by atoms with Crippen molar-refractivity contribution in [3.05, 3.63) is 33.9 Å². The number of aliphatic hydroxyl groups excluding tert-OH is 2. The van der Waals surface area contributed by atoms with Gasteiger partial charge in [-0.3, -0.25) is 0 Å². The normalized spacial score (nSPS) is 12.8. The first-order valence-electron chi connectivity index (χ1n) is 6.06. The van der Waals surface area contributed by atoms with E-state index in [0.29, 0.717) is 13.1 Å². The van der Waals surface area contributed by atoms with Crippen molar-refractivity contribution in [3.63, 3.8) is 0 Å². The molecule has 1 unspecified atom stereocenters. The number of hydrogen-bond donors (Lipinski definition) is 3. The first-order chi connectivity index (χ1) is 7.99. The van der Waals surface area contributed by atoms with E-state index in [0.717, 1.165) is 16.7 Å². The van der Waals surface area contributed by atoms with Gasteiger partial charge in [0.1, 0.15) is 0 Å². The Morgan fingerprint density at radius 2 is 1.65 bits per heavy atom. The number of aryl methyl sites for hydroxylation is 2. The van der Waals surface area contributed by atoms with Crippen LogP contribution in [0.4, 0.5) is 0 Å². The van der Waals surface area contributed by atoms with E-state index in [4.69, 9.17) is 5.11 Å². The molecular weight excluding hydrogens is 214 g/mol. The van der Waals surface area contributed by atoms with Gasteiger partial charge in [0.05, 0.1) is 12.7 Å². The van der Waals surface area contributed by atoms with Gasteiger partial charge in [-0.25, -0.2) is 0 Å². The summed E-state index contributed by atoms with van der Waals surface area (Å²) < 4.78 is 0. The third-order valence-electron chi connectivity index (χ3n) is 3.38. The molecule has 0 aliphatic carbocycles. The van der Waals surface area contributed by atoms with Crippen LogP contribution in [-0.4, -0.2) is 29.9 Å². The Balaban J connectivity index is 2.95. The standard InChI is InChI=1S/C14H23NO2/c1-9-7-10(2)12(4)14(11(9)3)13(17)8-15-5-6-16/h7,13,15-17H,5-6,8H2,1-4H3. The van der Waals surface area contributed by atoms with Crippen molar-refractivity contribution in [2.75, 3.05) is 19.7 Å². The molecule has 0 saturated heterocycles. The number of hydrogen-bond acceptors (Lipinski definition) is 3. The highest BCUT2D eigenvalue weighted by molar-refractivity contribution is 5.45. The SMILES string of the molecule is Cc1cc(C)c(C)c(C(O)CNCCO)c1C. The van der Waals surface area contributed by atoms with Crippen LogP contribution in [0.15, 0.2) is 6.07 Å². The summed E-state index contributed by atoms with van der Waals surface area (Å²) in [6.07, 6.45) is -0.514. The summed E-state index contributed by atoms with van der Waals surface area (Å²) in [4.78, 5) is 0. The lowest BCUT2D eigenvalue weighted by Gasteiger charge is -2.20. The van der Waals surface area contributed by atoms with Crippen LogP contribution >= 0.6 is 0 Å². The zero-order chi connectivity index (χ0) is 13.0. The Labute approximate surface area is 103 Å². The lowest BCUT2D eigenvalue weighted by atomic mass is 9.91. The summed E-state index contributed by atoms with van der Waals surface area (Å²) >= 11 is 0. The second-order valence-electron chi connectivity index (χ2n) is 4.62. The van der Waals surface area contributed by atoms with Gasteiger partial charge in [0.2, 0.25) is 0 Å². The summed E-state index contributed by atoms with van der Waals surface area (Å²) in [6.45, 7) is 9.32. The van der Waals surface area contributed by atoms with E-state index in [9.17, 15) is 5.11 Å². The summed E-state index contributed by atoms with van der Waals surface area (Å²) in [6, 6.07) is 2.15. The van der Waals surface area contributed by atoms with Crippen LogP contribution < -0.4 is 5.32 Å². The van der Waals surface area contributed by atoms with E-state index in [1.54, 1.807) is 0 Å². The van der Waals surface area contributed by atoms with E-state index in [-0.39, 0.29) is 6.61 Å². The Hall–Kier alpha value is -0.900. The number of benzene rings is 1. The molecule has 0 heterocycles. The zero-order valence-corrected chi connectivity index (χ0v) is 11.2. The van der Waals surface area contributed by atoms with E-state index in [2.05, 4.69) is 25.2 Å². The summed E-state index contributed by atoms with van der Waals surface area (Å²) in [5.74, 6) is 0. The minimum absolute atomic E-state index is 0.0948. The van der Waals surface area contributed by atoms with Crippen LogP contribution in [-0.2, 0) is 0 Å². The highest BCUT2D eigenvalue weighted by Gasteiger charge is 2.15. The Bertz CT molecular complexity index is 362. The molecule has 96 valence electrons. The smallest absolute Gasteiger partial charge is 0.0919 e. The molecule has 0 spiro atoms. The maximum Gasteiger partial charge on any atom is 0.0919 e. The second-order valence-corrected chi connectivity index (χ2v) is 4.62. The molecule has 0 bridgehead atoms. The van der Waals surface area contributed by atoms with Crippen molar-refractivity contribution in [1.29, 1.82) is 0 Å². The monoisotopic (exact) mass is 237 g/mol. The predicted molar refractivity (Wildman–Crippen MR) is 70.3 cm³/mol. The Morgan fingerprint density at radius 3 is 2.12 bits per heavy atom. The van der Waals surface area contributed by atoms with Crippen molar-refractivity contribution in [3.8, 4) is 0 Å². The molecule has 17 heavy (non-hydrogen) atoms. The van der Waals surface area contributed by atoms with E-state index in [1.807, 2.05) is 13.8 Å². The van der Waals surface area contributed by atoms with Gasteiger partial charge < -0.3 is 15.5 Å². The van der Waals surface area contributed by atoms with Crippen molar-refractivity contribution in [1.82, 2.24) is 5.32 Å². The molecule has 0 aromatic heterocycles. The highest BCUT2D eigenvalue weighted by Crippen LogP contribution is 2.26. The summed E-state index contributed by atoms with van der Waals surface area (Å²) in [7, 11) is 0. The molecule has 1 atom stereocenters. The first kappa shape index (κ1) is 14.2. The Kier molecular flexibility index (Phi) is 5.12. The quantitative estimate of drug-likeness (QED) is 0.681. The number of nitrogens with one attached hydrogen (secondary N) is 1. The van der Waals surface area contributed by atoms with E-state index >= 15 is 0 Å². The molecule has 0 fully saturated rings. The minimum Gasteiger partial charge on any atom is -0.395 e. The van der Waals surface area contributed by atoms with Gasteiger partial charge >= 0.3 is 0 Å². The molecule has 3 nitrogen and oxygen atoms in total. The van der Waals surface area contributed by atoms with E-state index < -0.39 is 6.10 Å². The lowest BCUT2D eigenvalue weighted by molar-refractivity contribution is 0.169. The van der Waals surface area contributed by atoms with Crippen molar-refractivity contribution < 1.29 is 10.2 Å². The van der Waals surface area contributed by atoms with Gasteiger partial charge in [0.15, 0.2) is 0 Å². The molecule has 1 aromatic carbocycles. The topological polar surface area (TPSA) is 52.5 Å². The van der Waals surface area contributed by atoms with Crippen LogP contribution in [0.5, 0.6) is 0 Å². The second kappa shape index (κ2) is 6.15. The Morgan fingerprint density at radius 1 is 1.12 bits per heavy atom. The molecule has 3 N–H and O–H groups in total. The van der Waals surface area contributed by atoms with Crippen LogP contribution in [0.2, 0.25) is 0 Å². The van der Waals surface area contributed by atoms with Gasteiger partial charge in [-0.15, -0.1) is 0 Å². The van der Waals surface area contributed by atoms with Crippen LogP contribution in [0.1, 0.15) is 33.9 Å². The molecule has 0 aliphatic rings. The molecule has 3 heteroatoms. The number of rotatable bonds is 5. The fourth-order valence-electron chi connectivity index (χ4n) is 2.17. The van der Waals surface area contributed by atoms with Crippen LogP contribution in [0.25, 0.3) is 0 Å². The molecule has 0 saturated carbocycles. The van der Waals surface area contributed by atoms with Crippen molar-refractivity contribution in [2.24, 2.45) is 0 Å². The van der Waals surface area contributed by atoms with Crippen LogP contribution in [0.3, 0.4) is 0 Å². The largest absolute Gasteiger partial charge is 0.395 e. The molecule has 1 rings (SSSR count). The molecule has 1 aromatic rings. The van der Waals surface area contributed by atoms with Gasteiger partial charge in [-0.05, 0) is 55.5 Å². The third kappa shape index (κ3) is 3.28. The van der Waals surface area contributed by atoms with Gasteiger partial charge in [0, 0.05) is 13.1 Å². The first-order valence-corrected chi connectivity index (χ1v) is 6.06. The molecular formula is C14H23NO2.